The van der Waals surface area contributed by atoms with Crippen LogP contribution in [0.5, 0.6) is 0 Å². The van der Waals surface area contributed by atoms with Gasteiger partial charge in [-0.05, 0) is 39.2 Å². The third kappa shape index (κ3) is 2.59. The lowest BCUT2D eigenvalue weighted by atomic mass is 9.97. The second-order valence-electron chi connectivity index (χ2n) is 4.92. The second kappa shape index (κ2) is 5.32. The monoisotopic (exact) mass is 245 g/mol. The first-order valence-electron chi connectivity index (χ1n) is 6.40. The number of aryl methyl sites for hydroxylation is 1. The van der Waals surface area contributed by atoms with Crippen molar-refractivity contribution in [2.45, 2.75) is 45.2 Å². The number of aromatic nitrogens is 2. The molecule has 0 radical (unpaired) electrons. The molecule has 5 heteroatoms. The van der Waals surface area contributed by atoms with Crippen molar-refractivity contribution >= 4 is 5.95 Å². The summed E-state index contributed by atoms with van der Waals surface area (Å²) in [4.78, 5) is 10.9. The molecule has 0 amide bonds. The Balaban J connectivity index is 2.34. The Labute approximate surface area is 108 Å². The minimum absolute atomic E-state index is 0.0833. The van der Waals surface area contributed by atoms with Gasteiger partial charge in [0.05, 0.1) is 0 Å². The lowest BCUT2D eigenvalue weighted by Gasteiger charge is -2.38. The summed E-state index contributed by atoms with van der Waals surface area (Å²) in [6.45, 7) is 4.82. The molecule has 2 atom stereocenters. The molecule has 1 aromatic rings. The summed E-state index contributed by atoms with van der Waals surface area (Å²) in [5, 5.41) is 8.98. The van der Waals surface area contributed by atoms with Crippen LogP contribution in [0.25, 0.3) is 0 Å². The molecular weight excluding hydrogens is 226 g/mol. The Morgan fingerprint density at radius 2 is 2.28 bits per heavy atom. The molecule has 2 unspecified atom stereocenters. The van der Waals surface area contributed by atoms with Crippen molar-refractivity contribution < 1.29 is 0 Å². The number of anilines is 1. The van der Waals surface area contributed by atoms with Crippen molar-refractivity contribution in [3.05, 3.63) is 17.5 Å². The topological polar surface area (TPSA) is 78.8 Å². The predicted octanol–water partition coefficient (Wildman–Crippen LogP) is 1.36. The highest BCUT2D eigenvalue weighted by Crippen LogP contribution is 2.23. The van der Waals surface area contributed by atoms with Gasteiger partial charge in [0.25, 0.3) is 0 Å². The Hall–Kier alpha value is -1.67. The van der Waals surface area contributed by atoms with E-state index in [1.807, 2.05) is 13.8 Å². The zero-order valence-electron chi connectivity index (χ0n) is 10.9. The molecule has 1 saturated heterocycles. The maximum atomic E-state index is 8.98. The zero-order chi connectivity index (χ0) is 13.1. The van der Waals surface area contributed by atoms with Crippen LogP contribution < -0.4 is 10.6 Å². The van der Waals surface area contributed by atoms with E-state index in [4.69, 9.17) is 11.0 Å². The van der Waals surface area contributed by atoms with E-state index < -0.39 is 0 Å². The lowest BCUT2D eigenvalue weighted by molar-refractivity contribution is 0.407. The van der Waals surface area contributed by atoms with Crippen LogP contribution in [0.4, 0.5) is 5.95 Å². The SMILES string of the molecule is Cc1cc(C#N)nc(N2CCCCC2C(C)N)n1. The van der Waals surface area contributed by atoms with Gasteiger partial charge in [0.1, 0.15) is 11.8 Å². The van der Waals surface area contributed by atoms with Crippen molar-refractivity contribution in [3.63, 3.8) is 0 Å². The first-order valence-corrected chi connectivity index (χ1v) is 6.40. The summed E-state index contributed by atoms with van der Waals surface area (Å²) in [6.07, 6.45) is 3.39. The molecule has 0 bridgehead atoms. The van der Waals surface area contributed by atoms with E-state index >= 15 is 0 Å². The van der Waals surface area contributed by atoms with Gasteiger partial charge in [0.15, 0.2) is 0 Å². The van der Waals surface area contributed by atoms with Gasteiger partial charge in [0, 0.05) is 24.3 Å². The van der Waals surface area contributed by atoms with Crippen molar-refractivity contribution in [1.82, 2.24) is 9.97 Å². The van der Waals surface area contributed by atoms with Crippen LogP contribution in [0.15, 0.2) is 6.07 Å². The number of piperidine rings is 1. The predicted molar refractivity (Wildman–Crippen MR) is 70.1 cm³/mol. The molecule has 2 rings (SSSR count). The summed E-state index contributed by atoms with van der Waals surface area (Å²) >= 11 is 0. The van der Waals surface area contributed by atoms with E-state index in [0.717, 1.165) is 25.1 Å². The van der Waals surface area contributed by atoms with Crippen LogP contribution in [0.3, 0.4) is 0 Å². The first kappa shape index (κ1) is 12.8. The van der Waals surface area contributed by atoms with Gasteiger partial charge in [-0.15, -0.1) is 0 Å². The largest absolute Gasteiger partial charge is 0.336 e. The van der Waals surface area contributed by atoms with Gasteiger partial charge < -0.3 is 10.6 Å². The van der Waals surface area contributed by atoms with Gasteiger partial charge in [-0.2, -0.15) is 5.26 Å². The minimum atomic E-state index is 0.0833. The first-order chi connectivity index (χ1) is 8.61. The molecule has 5 nitrogen and oxygen atoms in total. The number of hydrogen-bond acceptors (Lipinski definition) is 5. The molecule has 2 heterocycles. The summed E-state index contributed by atoms with van der Waals surface area (Å²) in [5.41, 5.74) is 7.29. The smallest absolute Gasteiger partial charge is 0.227 e. The average Bonchev–Trinajstić information content (AvgIpc) is 2.38. The molecule has 0 saturated carbocycles. The maximum Gasteiger partial charge on any atom is 0.227 e. The molecule has 1 fully saturated rings. The van der Waals surface area contributed by atoms with Crippen molar-refractivity contribution in [2.24, 2.45) is 5.73 Å². The van der Waals surface area contributed by atoms with Crippen LogP contribution in [0.2, 0.25) is 0 Å². The Bertz CT molecular complexity index is 463. The number of nitrogens with two attached hydrogens (primary N) is 1. The summed E-state index contributed by atoms with van der Waals surface area (Å²) in [6, 6.07) is 4.14. The quantitative estimate of drug-likeness (QED) is 0.851. The van der Waals surface area contributed by atoms with E-state index in [1.54, 1.807) is 6.07 Å². The number of hydrogen-bond donors (Lipinski definition) is 1. The summed E-state index contributed by atoms with van der Waals surface area (Å²) in [5.74, 6) is 0.647. The van der Waals surface area contributed by atoms with Crippen LogP contribution in [-0.2, 0) is 0 Å². The zero-order valence-corrected chi connectivity index (χ0v) is 10.9. The van der Waals surface area contributed by atoms with E-state index in [1.165, 1.54) is 6.42 Å². The maximum absolute atomic E-state index is 8.98. The fourth-order valence-corrected chi connectivity index (χ4v) is 2.49. The average molecular weight is 245 g/mol. The van der Waals surface area contributed by atoms with Gasteiger partial charge in [0.2, 0.25) is 5.95 Å². The third-order valence-corrected chi connectivity index (χ3v) is 3.37. The second-order valence-corrected chi connectivity index (χ2v) is 4.92. The number of nitriles is 1. The highest BCUT2D eigenvalue weighted by atomic mass is 15.3. The Morgan fingerprint density at radius 1 is 1.50 bits per heavy atom. The highest BCUT2D eigenvalue weighted by molar-refractivity contribution is 5.38. The summed E-state index contributed by atoms with van der Waals surface area (Å²) < 4.78 is 0. The van der Waals surface area contributed by atoms with Crippen molar-refractivity contribution in [2.75, 3.05) is 11.4 Å². The van der Waals surface area contributed by atoms with Crippen molar-refractivity contribution in [3.8, 4) is 6.07 Å². The normalized spacial score (nSPS) is 21.4. The Morgan fingerprint density at radius 3 is 2.94 bits per heavy atom. The molecule has 0 spiro atoms. The van der Waals surface area contributed by atoms with Gasteiger partial charge in [-0.25, -0.2) is 9.97 Å². The molecule has 1 aromatic heterocycles. The Kier molecular flexibility index (Phi) is 3.78. The standard InChI is InChI=1S/C13H19N5/c1-9-7-11(8-14)17-13(16-9)18-6-4-3-5-12(18)10(2)15/h7,10,12H,3-6,15H2,1-2H3. The molecule has 1 aliphatic rings. The van der Waals surface area contributed by atoms with Crippen LogP contribution in [0.1, 0.15) is 37.6 Å². The highest BCUT2D eigenvalue weighted by Gasteiger charge is 2.27. The van der Waals surface area contributed by atoms with Crippen LogP contribution in [0, 0.1) is 18.3 Å². The van der Waals surface area contributed by atoms with Crippen LogP contribution in [-0.4, -0.2) is 28.6 Å². The fraction of sp³-hybridized carbons (Fsp3) is 0.615. The minimum Gasteiger partial charge on any atom is -0.336 e. The van der Waals surface area contributed by atoms with E-state index in [2.05, 4.69) is 20.9 Å². The molecule has 2 N–H and O–H groups in total. The van der Waals surface area contributed by atoms with Gasteiger partial charge in [-0.3, -0.25) is 0 Å². The van der Waals surface area contributed by atoms with Gasteiger partial charge >= 0.3 is 0 Å². The third-order valence-electron chi connectivity index (χ3n) is 3.37. The number of rotatable bonds is 2. The molecule has 1 aliphatic heterocycles. The number of nitrogens with zero attached hydrogens (tertiary/aromatic N) is 4. The molecule has 0 aliphatic carbocycles. The fourth-order valence-electron chi connectivity index (χ4n) is 2.49. The van der Waals surface area contributed by atoms with Crippen molar-refractivity contribution in [1.29, 1.82) is 5.26 Å². The van der Waals surface area contributed by atoms with E-state index in [-0.39, 0.29) is 12.1 Å². The summed E-state index contributed by atoms with van der Waals surface area (Å²) in [7, 11) is 0. The molecular formula is C13H19N5. The lowest BCUT2D eigenvalue weighted by Crippen LogP contribution is -2.50. The van der Waals surface area contributed by atoms with E-state index in [9.17, 15) is 0 Å². The molecule has 18 heavy (non-hydrogen) atoms. The van der Waals surface area contributed by atoms with Gasteiger partial charge in [-0.1, -0.05) is 0 Å². The molecule has 96 valence electrons. The molecule has 0 aromatic carbocycles. The van der Waals surface area contributed by atoms with Crippen LogP contribution >= 0.6 is 0 Å². The van der Waals surface area contributed by atoms with E-state index in [0.29, 0.717) is 11.6 Å².